The lowest BCUT2D eigenvalue weighted by Gasteiger charge is -2.24. The molecule has 0 unspecified atom stereocenters. The summed E-state index contributed by atoms with van der Waals surface area (Å²) in [4.78, 5) is 0. The van der Waals surface area contributed by atoms with Gasteiger partial charge in [0.2, 0.25) is 0 Å². The number of aryl methyl sites for hydroxylation is 1. The second-order valence-electron chi connectivity index (χ2n) is 10.9. The molecule has 0 radical (unpaired) electrons. The minimum absolute atomic E-state index is 0.0541. The van der Waals surface area contributed by atoms with Crippen molar-refractivity contribution in [3.05, 3.63) is 119 Å². The van der Waals surface area contributed by atoms with Gasteiger partial charge < -0.3 is 0 Å². The summed E-state index contributed by atoms with van der Waals surface area (Å²) in [6.07, 6.45) is 2.27. The molecule has 1 atom stereocenters. The first-order valence-corrected chi connectivity index (χ1v) is 12.8. The third-order valence-corrected chi connectivity index (χ3v) is 7.89. The van der Waals surface area contributed by atoms with Crippen LogP contribution in [-0.4, -0.2) is 0 Å². The van der Waals surface area contributed by atoms with Gasteiger partial charge in [-0.1, -0.05) is 126 Å². The van der Waals surface area contributed by atoms with Crippen LogP contribution in [0.1, 0.15) is 80.7 Å². The monoisotopic (exact) mass is 444 g/mol. The van der Waals surface area contributed by atoms with Gasteiger partial charge >= 0.3 is 0 Å². The Bertz CT molecular complexity index is 1290. The van der Waals surface area contributed by atoms with Crippen molar-refractivity contribution in [2.24, 2.45) is 0 Å². The molecule has 0 heterocycles. The van der Waals surface area contributed by atoms with Gasteiger partial charge in [0.05, 0.1) is 0 Å². The maximum absolute atomic E-state index is 2.49. The molecule has 5 rings (SSSR count). The fourth-order valence-corrected chi connectivity index (χ4v) is 5.48. The normalized spacial score (nSPS) is 14.6. The summed E-state index contributed by atoms with van der Waals surface area (Å²) >= 11 is 0. The smallest absolute Gasteiger partial charge is 0.0159 e. The first kappa shape index (κ1) is 22.7. The molecule has 0 saturated heterocycles. The van der Waals surface area contributed by atoms with Crippen molar-refractivity contribution >= 4 is 0 Å². The predicted octanol–water partition coefficient (Wildman–Crippen LogP) is 9.52. The molecule has 0 nitrogen and oxygen atoms in total. The summed E-state index contributed by atoms with van der Waals surface area (Å²) in [5.41, 5.74) is 12.8. The van der Waals surface area contributed by atoms with Gasteiger partial charge in [-0.3, -0.25) is 0 Å². The molecule has 1 aliphatic rings. The highest BCUT2D eigenvalue weighted by molar-refractivity contribution is 5.81. The Morgan fingerprint density at radius 3 is 1.79 bits per heavy atom. The minimum Gasteiger partial charge on any atom is -0.0622 e. The second-order valence-corrected chi connectivity index (χ2v) is 10.9. The van der Waals surface area contributed by atoms with E-state index in [2.05, 4.69) is 126 Å². The van der Waals surface area contributed by atoms with E-state index in [1.54, 1.807) is 0 Å². The molecule has 0 saturated carbocycles. The van der Waals surface area contributed by atoms with Gasteiger partial charge in [-0.2, -0.15) is 0 Å². The molecule has 4 aromatic rings. The van der Waals surface area contributed by atoms with Crippen LogP contribution in [0.15, 0.2) is 91.0 Å². The summed E-state index contributed by atoms with van der Waals surface area (Å²) in [5, 5.41) is 0. The largest absolute Gasteiger partial charge is 0.0622 e. The topological polar surface area (TPSA) is 0 Å². The molecular weight excluding hydrogens is 408 g/mol. The Morgan fingerprint density at radius 1 is 0.618 bits per heavy atom. The highest BCUT2D eigenvalue weighted by Gasteiger charge is 2.36. The summed E-state index contributed by atoms with van der Waals surface area (Å²) in [6, 6.07) is 34.1. The molecule has 4 aromatic carbocycles. The first-order chi connectivity index (χ1) is 16.3. The molecule has 0 aromatic heterocycles. The average Bonchev–Trinajstić information content (AvgIpc) is 3.09. The van der Waals surface area contributed by atoms with Crippen molar-refractivity contribution in [2.45, 2.75) is 64.7 Å². The Kier molecular flexibility index (Phi) is 5.94. The van der Waals surface area contributed by atoms with Crippen molar-refractivity contribution < 1.29 is 0 Å². The van der Waals surface area contributed by atoms with Gasteiger partial charge in [0.25, 0.3) is 0 Å². The fraction of sp³-hybridized carbons (Fsp3) is 0.294. The Morgan fingerprint density at radius 2 is 1.18 bits per heavy atom. The van der Waals surface area contributed by atoms with E-state index >= 15 is 0 Å². The first-order valence-electron chi connectivity index (χ1n) is 12.8. The molecule has 0 N–H and O–H groups in total. The van der Waals surface area contributed by atoms with E-state index in [1.807, 2.05) is 0 Å². The molecule has 0 aliphatic heterocycles. The van der Waals surface area contributed by atoms with Crippen LogP contribution >= 0.6 is 0 Å². The van der Waals surface area contributed by atoms with Gasteiger partial charge in [-0.05, 0) is 74.7 Å². The van der Waals surface area contributed by atoms with Crippen LogP contribution < -0.4 is 0 Å². The van der Waals surface area contributed by atoms with E-state index < -0.39 is 0 Å². The molecule has 34 heavy (non-hydrogen) atoms. The number of hydrogen-bond acceptors (Lipinski definition) is 0. The van der Waals surface area contributed by atoms with E-state index in [-0.39, 0.29) is 5.41 Å². The van der Waals surface area contributed by atoms with E-state index in [1.165, 1.54) is 50.1 Å². The molecule has 1 aliphatic carbocycles. The highest BCUT2D eigenvalue weighted by Crippen LogP contribution is 2.50. The van der Waals surface area contributed by atoms with Gasteiger partial charge in [0, 0.05) is 5.41 Å². The fourth-order valence-electron chi connectivity index (χ4n) is 5.48. The summed E-state index contributed by atoms with van der Waals surface area (Å²) < 4.78 is 0. The van der Waals surface area contributed by atoms with Crippen LogP contribution in [0, 0.1) is 0 Å². The van der Waals surface area contributed by atoms with E-state index in [9.17, 15) is 0 Å². The van der Waals surface area contributed by atoms with Gasteiger partial charge in [0.15, 0.2) is 0 Å². The van der Waals surface area contributed by atoms with Gasteiger partial charge in [-0.15, -0.1) is 0 Å². The maximum atomic E-state index is 2.49. The lowest BCUT2D eigenvalue weighted by molar-refractivity contribution is 0.647. The van der Waals surface area contributed by atoms with Crippen molar-refractivity contribution in [1.29, 1.82) is 0 Å². The molecule has 0 spiro atoms. The summed E-state index contributed by atoms with van der Waals surface area (Å²) in [7, 11) is 0. The molecule has 0 fully saturated rings. The van der Waals surface area contributed by atoms with Gasteiger partial charge in [-0.25, -0.2) is 0 Å². The summed E-state index contributed by atoms with van der Waals surface area (Å²) in [5.74, 6) is 1.09. The number of rotatable bonds is 6. The van der Waals surface area contributed by atoms with Crippen LogP contribution in [-0.2, 0) is 11.8 Å². The van der Waals surface area contributed by atoms with Crippen LogP contribution in [0.4, 0.5) is 0 Å². The predicted molar refractivity (Wildman–Crippen MR) is 147 cm³/mol. The standard InChI is InChI=1S/C34H36/c1-23(2)28-17-19-30-31-20-18-29(22-33(31)34(4,5)32(30)21-28)24(3)11-12-25-13-15-27(16-14-25)26-9-7-6-8-10-26/h6-10,13-24H,11-12H2,1-5H3/t24-/m1/s1. The van der Waals surface area contributed by atoms with Crippen LogP contribution in [0.2, 0.25) is 0 Å². The molecule has 0 heteroatoms. The lowest BCUT2D eigenvalue weighted by atomic mass is 9.80. The Balaban J connectivity index is 1.32. The number of hydrogen-bond donors (Lipinski definition) is 0. The van der Waals surface area contributed by atoms with Gasteiger partial charge in [0.1, 0.15) is 0 Å². The molecule has 0 bridgehead atoms. The number of benzene rings is 4. The zero-order valence-corrected chi connectivity index (χ0v) is 21.2. The molecule has 172 valence electrons. The van der Waals surface area contributed by atoms with Crippen LogP contribution in [0.25, 0.3) is 22.3 Å². The minimum atomic E-state index is 0.0541. The second kappa shape index (κ2) is 8.91. The van der Waals surface area contributed by atoms with Crippen LogP contribution in [0.3, 0.4) is 0 Å². The van der Waals surface area contributed by atoms with Crippen molar-refractivity contribution in [1.82, 2.24) is 0 Å². The Labute approximate surface area is 205 Å². The van der Waals surface area contributed by atoms with E-state index in [4.69, 9.17) is 0 Å². The molecular formula is C34H36. The molecule has 0 amide bonds. The lowest BCUT2D eigenvalue weighted by Crippen LogP contribution is -2.16. The van der Waals surface area contributed by atoms with E-state index in [0.29, 0.717) is 11.8 Å². The third kappa shape index (κ3) is 4.11. The SMILES string of the molecule is CC(C)c1ccc2c(c1)C(C)(C)c1cc([C@H](C)CCc3ccc(-c4ccccc4)cc3)ccc1-2. The Hall–Kier alpha value is -3.12. The van der Waals surface area contributed by atoms with Crippen LogP contribution in [0.5, 0.6) is 0 Å². The van der Waals surface area contributed by atoms with Crippen molar-refractivity contribution in [3.63, 3.8) is 0 Å². The summed E-state index contributed by atoms with van der Waals surface area (Å²) in [6.45, 7) is 11.7. The number of fused-ring (bicyclic) bond motifs is 3. The highest BCUT2D eigenvalue weighted by atomic mass is 14.4. The van der Waals surface area contributed by atoms with Crippen molar-refractivity contribution in [2.75, 3.05) is 0 Å². The zero-order valence-electron chi connectivity index (χ0n) is 21.2. The van der Waals surface area contributed by atoms with E-state index in [0.717, 1.165) is 12.8 Å². The third-order valence-electron chi connectivity index (χ3n) is 7.89. The van der Waals surface area contributed by atoms with Crippen molar-refractivity contribution in [3.8, 4) is 22.3 Å². The quantitative estimate of drug-likeness (QED) is 0.278. The average molecular weight is 445 g/mol. The maximum Gasteiger partial charge on any atom is 0.0159 e. The zero-order chi connectivity index (χ0) is 23.9.